The molecule has 0 spiro atoms. The maximum atomic E-state index is 10.4. The summed E-state index contributed by atoms with van der Waals surface area (Å²) in [5.41, 5.74) is 7.48. The summed E-state index contributed by atoms with van der Waals surface area (Å²) in [5, 5.41) is 8.85. The highest BCUT2D eigenvalue weighted by atomic mass is 32.1. The van der Waals surface area contributed by atoms with Gasteiger partial charge < -0.3 is 15.7 Å². The van der Waals surface area contributed by atoms with Crippen molar-refractivity contribution in [1.29, 1.82) is 0 Å². The van der Waals surface area contributed by atoms with E-state index in [0.29, 0.717) is 11.7 Å². The van der Waals surface area contributed by atoms with Crippen molar-refractivity contribution in [3.8, 4) is 0 Å². The molecular weight excluding hydrogens is 248 g/mol. The van der Waals surface area contributed by atoms with Crippen molar-refractivity contribution in [1.82, 2.24) is 0 Å². The molecule has 0 aliphatic heterocycles. The Morgan fingerprint density at radius 2 is 2.06 bits per heavy atom. The van der Waals surface area contributed by atoms with Crippen LogP contribution in [-0.2, 0) is 4.79 Å². The van der Waals surface area contributed by atoms with E-state index in [-0.39, 0.29) is 6.42 Å². The lowest BCUT2D eigenvalue weighted by Gasteiger charge is -2.20. The Labute approximate surface area is 112 Å². The number of hydrogen-bond acceptors (Lipinski definition) is 2. The predicted molar refractivity (Wildman–Crippen MR) is 77.5 cm³/mol. The van der Waals surface area contributed by atoms with Gasteiger partial charge in [0.2, 0.25) is 0 Å². The molecule has 0 aliphatic carbocycles. The first-order chi connectivity index (χ1) is 8.54. The van der Waals surface area contributed by atoms with E-state index in [1.165, 1.54) is 0 Å². The molecule has 96 valence electrons. The van der Waals surface area contributed by atoms with E-state index in [1.807, 2.05) is 36.1 Å². The highest BCUT2D eigenvalue weighted by Crippen LogP contribution is 2.15. The second-order valence-electron chi connectivity index (χ2n) is 3.67. The summed E-state index contributed by atoms with van der Waals surface area (Å²) in [6.45, 7) is 2.68. The Morgan fingerprint density at radius 3 is 2.50 bits per heavy atom. The molecule has 0 bridgehead atoms. The van der Waals surface area contributed by atoms with Crippen LogP contribution in [0.25, 0.3) is 6.08 Å². The molecule has 5 heteroatoms. The summed E-state index contributed by atoms with van der Waals surface area (Å²) in [6.07, 6.45) is 3.41. The smallest absolute Gasteiger partial charge is 0.307 e. The number of nitrogens with zero attached hydrogens (tertiary/aromatic N) is 1. The van der Waals surface area contributed by atoms with E-state index in [0.717, 1.165) is 11.3 Å². The standard InChI is InChI=1S/C13H16N2O2S/c1-2-15(13(14)18)11-8-6-10(7-9-11)4-3-5-12(16)17/h3-4,6-9H,2,5H2,1H3,(H2,14,18)(H,16,17). The number of benzene rings is 1. The zero-order valence-electron chi connectivity index (χ0n) is 10.2. The molecule has 0 atom stereocenters. The normalized spacial score (nSPS) is 10.5. The number of carboxylic acid groups (broad SMARTS) is 1. The Balaban J connectivity index is 2.76. The van der Waals surface area contributed by atoms with E-state index in [1.54, 1.807) is 12.2 Å². The number of hydrogen-bond donors (Lipinski definition) is 2. The third-order valence-electron chi connectivity index (χ3n) is 2.39. The van der Waals surface area contributed by atoms with Crippen molar-refractivity contribution < 1.29 is 9.90 Å². The average Bonchev–Trinajstić information content (AvgIpc) is 2.31. The minimum atomic E-state index is -0.839. The van der Waals surface area contributed by atoms with Gasteiger partial charge in [0.05, 0.1) is 6.42 Å². The van der Waals surface area contributed by atoms with E-state index >= 15 is 0 Å². The van der Waals surface area contributed by atoms with Crippen LogP contribution in [0.4, 0.5) is 5.69 Å². The van der Waals surface area contributed by atoms with Crippen molar-refractivity contribution in [2.24, 2.45) is 5.73 Å². The van der Waals surface area contributed by atoms with Crippen LogP contribution in [0.2, 0.25) is 0 Å². The van der Waals surface area contributed by atoms with Gasteiger partial charge in [-0.25, -0.2) is 0 Å². The van der Waals surface area contributed by atoms with E-state index in [2.05, 4.69) is 0 Å². The topological polar surface area (TPSA) is 66.6 Å². The monoisotopic (exact) mass is 264 g/mol. The highest BCUT2D eigenvalue weighted by Gasteiger charge is 2.05. The maximum Gasteiger partial charge on any atom is 0.307 e. The molecule has 4 nitrogen and oxygen atoms in total. The molecule has 0 saturated heterocycles. The minimum absolute atomic E-state index is 0.0235. The van der Waals surface area contributed by atoms with Crippen molar-refractivity contribution in [3.05, 3.63) is 35.9 Å². The molecule has 3 N–H and O–H groups in total. The summed E-state index contributed by atoms with van der Waals surface area (Å²) in [6, 6.07) is 7.61. The number of rotatable bonds is 5. The zero-order chi connectivity index (χ0) is 13.5. The van der Waals surface area contributed by atoms with Crippen LogP contribution in [0.3, 0.4) is 0 Å². The average molecular weight is 264 g/mol. The molecule has 0 fully saturated rings. The number of nitrogens with two attached hydrogens (primary N) is 1. The Morgan fingerprint density at radius 1 is 1.44 bits per heavy atom. The molecule has 0 radical (unpaired) electrons. The largest absolute Gasteiger partial charge is 0.481 e. The predicted octanol–water partition coefficient (Wildman–Crippen LogP) is 2.24. The second kappa shape index (κ2) is 6.76. The summed E-state index contributed by atoms with van der Waals surface area (Å²) in [5.74, 6) is -0.839. The van der Waals surface area contributed by atoms with Crippen LogP contribution < -0.4 is 10.6 Å². The Kier molecular flexibility index (Phi) is 5.32. The van der Waals surface area contributed by atoms with E-state index < -0.39 is 5.97 Å². The number of thiocarbonyl (C=S) groups is 1. The second-order valence-corrected chi connectivity index (χ2v) is 4.09. The molecule has 0 aromatic heterocycles. The van der Waals surface area contributed by atoms with Crippen molar-refractivity contribution in [3.63, 3.8) is 0 Å². The summed E-state index contributed by atoms with van der Waals surface area (Å²) >= 11 is 4.95. The molecule has 1 rings (SSSR count). The molecule has 0 heterocycles. The van der Waals surface area contributed by atoms with Crippen molar-refractivity contribution in [2.45, 2.75) is 13.3 Å². The molecule has 0 saturated carbocycles. The number of anilines is 1. The van der Waals surface area contributed by atoms with Crippen LogP contribution in [0.5, 0.6) is 0 Å². The van der Waals surface area contributed by atoms with Crippen LogP contribution in [-0.4, -0.2) is 22.7 Å². The van der Waals surface area contributed by atoms with Gasteiger partial charge in [-0.1, -0.05) is 24.3 Å². The SMILES string of the molecule is CCN(C(N)=S)c1ccc(C=CCC(=O)O)cc1. The van der Waals surface area contributed by atoms with Gasteiger partial charge in [0.15, 0.2) is 5.11 Å². The number of carboxylic acids is 1. The molecule has 1 aromatic carbocycles. The summed E-state index contributed by atoms with van der Waals surface area (Å²) < 4.78 is 0. The van der Waals surface area contributed by atoms with Crippen LogP contribution in [0, 0.1) is 0 Å². The lowest BCUT2D eigenvalue weighted by molar-refractivity contribution is -0.135. The van der Waals surface area contributed by atoms with Gasteiger partial charge in [-0.05, 0) is 36.8 Å². The molecular formula is C13H16N2O2S. The van der Waals surface area contributed by atoms with Gasteiger partial charge in [0, 0.05) is 12.2 Å². The first kappa shape index (κ1) is 14.2. The lowest BCUT2D eigenvalue weighted by Crippen LogP contribution is -2.35. The minimum Gasteiger partial charge on any atom is -0.481 e. The first-order valence-corrected chi connectivity index (χ1v) is 6.00. The van der Waals surface area contributed by atoms with Crippen LogP contribution in [0.15, 0.2) is 30.3 Å². The van der Waals surface area contributed by atoms with Gasteiger partial charge in [0.25, 0.3) is 0 Å². The zero-order valence-corrected chi connectivity index (χ0v) is 11.0. The summed E-state index contributed by atoms with van der Waals surface area (Å²) in [4.78, 5) is 12.2. The van der Waals surface area contributed by atoms with Crippen molar-refractivity contribution in [2.75, 3.05) is 11.4 Å². The first-order valence-electron chi connectivity index (χ1n) is 5.60. The lowest BCUT2D eigenvalue weighted by atomic mass is 10.1. The summed E-state index contributed by atoms with van der Waals surface area (Å²) in [7, 11) is 0. The van der Waals surface area contributed by atoms with Gasteiger partial charge in [-0.3, -0.25) is 4.79 Å². The molecule has 0 aliphatic rings. The molecule has 18 heavy (non-hydrogen) atoms. The molecule has 0 unspecified atom stereocenters. The fraction of sp³-hybridized carbons (Fsp3) is 0.231. The van der Waals surface area contributed by atoms with E-state index in [4.69, 9.17) is 23.1 Å². The highest BCUT2D eigenvalue weighted by molar-refractivity contribution is 7.80. The number of aliphatic carboxylic acids is 1. The Hall–Kier alpha value is -1.88. The quantitative estimate of drug-likeness (QED) is 0.798. The van der Waals surface area contributed by atoms with E-state index in [9.17, 15) is 4.79 Å². The van der Waals surface area contributed by atoms with Gasteiger partial charge in [-0.15, -0.1) is 0 Å². The Bertz CT molecular complexity index is 455. The number of carbonyl (C=O) groups is 1. The van der Waals surface area contributed by atoms with Crippen LogP contribution in [0.1, 0.15) is 18.9 Å². The fourth-order valence-corrected chi connectivity index (χ4v) is 1.76. The third-order valence-corrected chi connectivity index (χ3v) is 2.61. The van der Waals surface area contributed by atoms with Crippen LogP contribution >= 0.6 is 12.2 Å². The van der Waals surface area contributed by atoms with Gasteiger partial charge in [0.1, 0.15) is 0 Å². The van der Waals surface area contributed by atoms with Crippen molar-refractivity contribution >= 4 is 35.1 Å². The van der Waals surface area contributed by atoms with Gasteiger partial charge >= 0.3 is 5.97 Å². The molecule has 0 amide bonds. The van der Waals surface area contributed by atoms with Gasteiger partial charge in [-0.2, -0.15) is 0 Å². The third kappa shape index (κ3) is 4.18. The maximum absolute atomic E-state index is 10.4. The fourth-order valence-electron chi connectivity index (χ4n) is 1.53. The molecule has 1 aromatic rings.